The molecule has 2 nitrogen and oxygen atoms in total. The van der Waals surface area contributed by atoms with Crippen molar-refractivity contribution in [3.8, 4) is 0 Å². The summed E-state index contributed by atoms with van der Waals surface area (Å²) in [5.41, 5.74) is 1.40. The predicted molar refractivity (Wildman–Crippen MR) is 40.7 cm³/mol. The molecule has 9 heavy (non-hydrogen) atoms. The zero-order valence-corrected chi connectivity index (χ0v) is 5.86. The SMILES string of the molecule is C=C/C(=C/C(C)=N)NC. The number of hydrogen-bond acceptors (Lipinski definition) is 2. The molecule has 0 aliphatic heterocycles. The molecule has 0 amide bonds. The third-order valence-electron chi connectivity index (χ3n) is 0.881. The summed E-state index contributed by atoms with van der Waals surface area (Å²) in [6, 6.07) is 0. The molecule has 0 saturated carbocycles. The lowest BCUT2D eigenvalue weighted by atomic mass is 10.3. The number of nitrogens with one attached hydrogen (secondary N) is 2. The average Bonchev–Trinajstić information content (AvgIpc) is 1.82. The summed E-state index contributed by atoms with van der Waals surface area (Å²) in [6.07, 6.45) is 3.39. The topological polar surface area (TPSA) is 35.9 Å². The van der Waals surface area contributed by atoms with Crippen molar-refractivity contribution < 1.29 is 0 Å². The molecule has 0 fully saturated rings. The molecule has 0 unspecified atom stereocenters. The van der Waals surface area contributed by atoms with Crippen LogP contribution in [-0.2, 0) is 0 Å². The number of hydrogen-bond donors (Lipinski definition) is 2. The van der Waals surface area contributed by atoms with Gasteiger partial charge in [-0.1, -0.05) is 6.58 Å². The molecule has 0 aliphatic carbocycles. The molecule has 0 bridgehead atoms. The molecule has 2 N–H and O–H groups in total. The van der Waals surface area contributed by atoms with Gasteiger partial charge in [0.05, 0.1) is 0 Å². The zero-order valence-electron chi connectivity index (χ0n) is 5.86. The average molecular weight is 124 g/mol. The number of rotatable bonds is 3. The Balaban J connectivity index is 4.07. The summed E-state index contributed by atoms with van der Waals surface area (Å²) in [5, 5.41) is 9.95. The molecular weight excluding hydrogens is 112 g/mol. The van der Waals surface area contributed by atoms with Crippen LogP contribution in [0, 0.1) is 5.41 Å². The smallest absolute Gasteiger partial charge is 0.0349 e. The van der Waals surface area contributed by atoms with Crippen molar-refractivity contribution in [1.29, 1.82) is 5.41 Å². The van der Waals surface area contributed by atoms with Crippen LogP contribution in [0.5, 0.6) is 0 Å². The van der Waals surface area contributed by atoms with E-state index in [0.717, 1.165) is 5.70 Å². The highest BCUT2D eigenvalue weighted by Gasteiger charge is 1.83. The molecule has 2 heteroatoms. The van der Waals surface area contributed by atoms with Gasteiger partial charge in [-0.2, -0.15) is 0 Å². The van der Waals surface area contributed by atoms with Crippen molar-refractivity contribution in [2.75, 3.05) is 7.05 Å². The number of allylic oxidation sites excluding steroid dienone is 2. The van der Waals surface area contributed by atoms with Gasteiger partial charge < -0.3 is 10.7 Å². The maximum atomic E-state index is 7.07. The molecule has 0 spiro atoms. The molecule has 0 rings (SSSR count). The summed E-state index contributed by atoms with van der Waals surface area (Å²) in [7, 11) is 1.80. The van der Waals surface area contributed by atoms with Gasteiger partial charge in [-0.15, -0.1) is 0 Å². The minimum atomic E-state index is 0.527. The molecule has 0 atom stereocenters. The highest BCUT2D eigenvalue weighted by molar-refractivity contribution is 5.90. The second-order valence-corrected chi connectivity index (χ2v) is 1.74. The van der Waals surface area contributed by atoms with Crippen LogP contribution in [0.3, 0.4) is 0 Å². The van der Waals surface area contributed by atoms with E-state index >= 15 is 0 Å². The first-order valence-electron chi connectivity index (χ1n) is 2.77. The third-order valence-corrected chi connectivity index (χ3v) is 0.881. The maximum Gasteiger partial charge on any atom is 0.0349 e. The third kappa shape index (κ3) is 3.53. The van der Waals surface area contributed by atoms with E-state index in [-0.39, 0.29) is 0 Å². The first-order valence-corrected chi connectivity index (χ1v) is 2.77. The minimum Gasteiger partial charge on any atom is -0.388 e. The van der Waals surface area contributed by atoms with Gasteiger partial charge in [0.2, 0.25) is 0 Å². The van der Waals surface area contributed by atoms with Crippen molar-refractivity contribution in [2.24, 2.45) is 0 Å². The van der Waals surface area contributed by atoms with Gasteiger partial charge in [-0.05, 0) is 19.1 Å². The van der Waals surface area contributed by atoms with E-state index in [1.807, 2.05) is 0 Å². The van der Waals surface area contributed by atoms with Crippen molar-refractivity contribution >= 4 is 5.71 Å². The lowest BCUT2D eigenvalue weighted by Crippen LogP contribution is -2.03. The summed E-state index contributed by atoms with van der Waals surface area (Å²) in [5.74, 6) is 0. The molecule has 50 valence electrons. The van der Waals surface area contributed by atoms with Crippen LogP contribution < -0.4 is 5.32 Å². The Labute approximate surface area is 55.8 Å². The molecule has 0 aromatic carbocycles. The zero-order chi connectivity index (χ0) is 7.28. The molecule has 0 aromatic rings. The van der Waals surface area contributed by atoms with E-state index in [1.54, 1.807) is 26.1 Å². The second kappa shape index (κ2) is 3.89. The molecule has 0 heterocycles. The van der Waals surface area contributed by atoms with Crippen LogP contribution in [0.2, 0.25) is 0 Å². The molecular formula is C7H12N2. The Bertz CT molecular complexity index is 145. The van der Waals surface area contributed by atoms with E-state index in [1.165, 1.54) is 0 Å². The predicted octanol–water partition coefficient (Wildman–Crippen LogP) is 1.32. The first kappa shape index (κ1) is 7.95. The fraction of sp³-hybridized carbons (Fsp3) is 0.286. The standard InChI is InChI=1S/C7H12N2/c1-4-7(9-3)5-6(2)8/h4-5,8-9H,1H2,2-3H3/b7-5-,8-6?. The Kier molecular flexibility index (Phi) is 3.44. The van der Waals surface area contributed by atoms with Crippen molar-refractivity contribution in [2.45, 2.75) is 6.92 Å². The van der Waals surface area contributed by atoms with Crippen LogP contribution in [0.15, 0.2) is 24.4 Å². The normalized spacial score (nSPS) is 10.7. The largest absolute Gasteiger partial charge is 0.388 e. The van der Waals surface area contributed by atoms with E-state index in [0.29, 0.717) is 5.71 Å². The lowest BCUT2D eigenvalue weighted by molar-refractivity contribution is 1.04. The Morgan fingerprint density at radius 1 is 1.67 bits per heavy atom. The van der Waals surface area contributed by atoms with Crippen LogP contribution in [-0.4, -0.2) is 12.8 Å². The minimum absolute atomic E-state index is 0.527. The fourth-order valence-electron chi connectivity index (χ4n) is 0.466. The fourth-order valence-corrected chi connectivity index (χ4v) is 0.466. The van der Waals surface area contributed by atoms with Gasteiger partial charge in [0.1, 0.15) is 0 Å². The molecule has 0 aromatic heterocycles. The summed E-state index contributed by atoms with van der Waals surface area (Å²) >= 11 is 0. The van der Waals surface area contributed by atoms with Crippen LogP contribution in [0.4, 0.5) is 0 Å². The monoisotopic (exact) mass is 124 g/mol. The van der Waals surface area contributed by atoms with Gasteiger partial charge in [0.15, 0.2) is 0 Å². The summed E-state index contributed by atoms with van der Waals surface area (Å²) in [4.78, 5) is 0. The molecule has 0 aliphatic rings. The molecule has 0 radical (unpaired) electrons. The highest BCUT2D eigenvalue weighted by atomic mass is 14.8. The van der Waals surface area contributed by atoms with Crippen LogP contribution >= 0.6 is 0 Å². The van der Waals surface area contributed by atoms with Crippen molar-refractivity contribution in [3.63, 3.8) is 0 Å². The summed E-state index contributed by atoms with van der Waals surface area (Å²) in [6.45, 7) is 5.28. The number of likely N-dealkylation sites (N-methyl/N-ethyl adjacent to an activating group) is 1. The van der Waals surface area contributed by atoms with E-state index in [4.69, 9.17) is 5.41 Å². The Hall–Kier alpha value is -1.05. The quantitative estimate of drug-likeness (QED) is 0.432. The Morgan fingerprint density at radius 2 is 2.22 bits per heavy atom. The van der Waals surface area contributed by atoms with E-state index in [2.05, 4.69) is 11.9 Å². The second-order valence-electron chi connectivity index (χ2n) is 1.74. The van der Waals surface area contributed by atoms with Crippen LogP contribution in [0.1, 0.15) is 6.92 Å². The molecule has 0 saturated heterocycles. The van der Waals surface area contributed by atoms with Crippen molar-refractivity contribution in [3.05, 3.63) is 24.4 Å². The Morgan fingerprint density at radius 3 is 2.33 bits per heavy atom. The van der Waals surface area contributed by atoms with Gasteiger partial charge >= 0.3 is 0 Å². The van der Waals surface area contributed by atoms with Gasteiger partial charge in [0, 0.05) is 18.5 Å². The highest BCUT2D eigenvalue weighted by Crippen LogP contribution is 1.87. The van der Waals surface area contributed by atoms with Crippen molar-refractivity contribution in [1.82, 2.24) is 5.32 Å². The lowest BCUT2D eigenvalue weighted by Gasteiger charge is -1.96. The van der Waals surface area contributed by atoms with Gasteiger partial charge in [-0.3, -0.25) is 0 Å². The maximum absolute atomic E-state index is 7.07. The van der Waals surface area contributed by atoms with Crippen LogP contribution in [0.25, 0.3) is 0 Å². The van der Waals surface area contributed by atoms with Gasteiger partial charge in [0.25, 0.3) is 0 Å². The van der Waals surface area contributed by atoms with E-state index < -0.39 is 0 Å². The first-order chi connectivity index (χ1) is 4.20. The summed E-state index contributed by atoms with van der Waals surface area (Å²) < 4.78 is 0. The van der Waals surface area contributed by atoms with E-state index in [9.17, 15) is 0 Å². The van der Waals surface area contributed by atoms with Gasteiger partial charge in [-0.25, -0.2) is 0 Å².